The molecule has 2 nitrogen and oxygen atoms in total. The summed E-state index contributed by atoms with van der Waals surface area (Å²) < 4.78 is 0. The van der Waals surface area contributed by atoms with E-state index in [-0.39, 0.29) is 0 Å². The predicted molar refractivity (Wildman–Crippen MR) is 62.2 cm³/mol. The summed E-state index contributed by atoms with van der Waals surface area (Å²) in [6.45, 7) is 1.97. The molecule has 0 bridgehead atoms. The summed E-state index contributed by atoms with van der Waals surface area (Å²) in [5.41, 5.74) is 2.01. The zero-order valence-electron chi connectivity index (χ0n) is 8.59. The van der Waals surface area contributed by atoms with Crippen molar-refractivity contribution < 1.29 is 0 Å². The van der Waals surface area contributed by atoms with Gasteiger partial charge >= 0.3 is 0 Å². The number of rotatable bonds is 1. The van der Waals surface area contributed by atoms with Crippen molar-refractivity contribution in [1.82, 2.24) is 9.97 Å². The first-order valence-corrected chi connectivity index (χ1v) is 4.88. The second kappa shape index (κ2) is 4.51. The molecule has 1 aliphatic rings. The Labute approximate surface area is 89.4 Å². The topological polar surface area (TPSA) is 25.8 Å². The average Bonchev–Trinajstić information content (AvgIpc) is 2.16. The zero-order chi connectivity index (χ0) is 10.5. The molecule has 0 saturated carbocycles. The Balaban J connectivity index is 2.38. The molecule has 0 spiro atoms. The van der Waals surface area contributed by atoms with Gasteiger partial charge in [0.25, 0.3) is 0 Å². The number of hydrogen-bond acceptors (Lipinski definition) is 2. The van der Waals surface area contributed by atoms with Crippen molar-refractivity contribution in [1.29, 1.82) is 0 Å². The first-order valence-electron chi connectivity index (χ1n) is 4.88. The van der Waals surface area contributed by atoms with Crippen LogP contribution in [0.15, 0.2) is 54.8 Å². The highest BCUT2D eigenvalue weighted by atomic mass is 14.9. The summed E-state index contributed by atoms with van der Waals surface area (Å²) in [7, 11) is 0. The van der Waals surface area contributed by atoms with E-state index in [1.54, 1.807) is 6.20 Å². The molecule has 2 rings (SSSR count). The highest BCUT2D eigenvalue weighted by Crippen LogP contribution is 2.12. The van der Waals surface area contributed by atoms with E-state index in [0.717, 1.165) is 17.1 Å². The van der Waals surface area contributed by atoms with Crippen LogP contribution < -0.4 is 0 Å². The largest absolute Gasteiger partial charge is 0.237 e. The van der Waals surface area contributed by atoms with Gasteiger partial charge in [-0.15, -0.1) is 0 Å². The highest BCUT2D eigenvalue weighted by Gasteiger charge is 2.00. The first-order chi connectivity index (χ1) is 7.36. The smallest absolute Gasteiger partial charge is 0.159 e. The minimum atomic E-state index is 0.770. The van der Waals surface area contributed by atoms with Gasteiger partial charge in [-0.1, -0.05) is 42.5 Å². The van der Waals surface area contributed by atoms with Crippen molar-refractivity contribution >= 4 is 5.57 Å². The van der Waals surface area contributed by atoms with Crippen molar-refractivity contribution in [3.05, 3.63) is 66.3 Å². The molecule has 15 heavy (non-hydrogen) atoms. The van der Waals surface area contributed by atoms with Gasteiger partial charge in [0.05, 0.1) is 0 Å². The molecule has 0 aliphatic heterocycles. The fraction of sp³-hybridized carbons (Fsp3) is 0.0769. The van der Waals surface area contributed by atoms with Crippen LogP contribution >= 0.6 is 0 Å². The Kier molecular flexibility index (Phi) is 2.88. The second-order valence-corrected chi connectivity index (χ2v) is 3.27. The maximum Gasteiger partial charge on any atom is 0.159 e. The SMILES string of the molecule is Cc1ccnc(C2=C/C=C\C=C/C=C\2)n1. The number of aryl methyl sites for hydroxylation is 1. The summed E-state index contributed by atoms with van der Waals surface area (Å²) in [5, 5.41) is 0. The normalized spacial score (nSPS) is 24.5. The summed E-state index contributed by atoms with van der Waals surface area (Å²) >= 11 is 0. The van der Waals surface area contributed by atoms with Crippen LogP contribution in [0.2, 0.25) is 0 Å². The molecule has 74 valence electrons. The molecule has 0 radical (unpaired) electrons. The minimum absolute atomic E-state index is 0.770. The van der Waals surface area contributed by atoms with Gasteiger partial charge in [-0.2, -0.15) is 0 Å². The lowest BCUT2D eigenvalue weighted by Crippen LogP contribution is -1.93. The fourth-order valence-corrected chi connectivity index (χ4v) is 1.30. The maximum atomic E-state index is 4.38. The van der Waals surface area contributed by atoms with Crippen molar-refractivity contribution in [2.75, 3.05) is 0 Å². The molecular formula is C13H12N2. The molecule has 1 aliphatic carbocycles. The fourth-order valence-electron chi connectivity index (χ4n) is 1.30. The van der Waals surface area contributed by atoms with Gasteiger partial charge in [-0.05, 0) is 13.0 Å². The van der Waals surface area contributed by atoms with Crippen LogP contribution in [0.3, 0.4) is 0 Å². The lowest BCUT2D eigenvalue weighted by atomic mass is 10.1. The van der Waals surface area contributed by atoms with Crippen LogP contribution in [0.25, 0.3) is 5.57 Å². The Morgan fingerprint density at radius 2 is 1.80 bits per heavy atom. The summed E-state index contributed by atoms with van der Waals surface area (Å²) in [6.07, 6.45) is 15.7. The highest BCUT2D eigenvalue weighted by molar-refractivity contribution is 5.71. The van der Waals surface area contributed by atoms with Gasteiger partial charge < -0.3 is 0 Å². The van der Waals surface area contributed by atoms with Crippen molar-refractivity contribution in [3.8, 4) is 0 Å². The van der Waals surface area contributed by atoms with Crippen molar-refractivity contribution in [2.45, 2.75) is 6.92 Å². The molecule has 0 fully saturated rings. The van der Waals surface area contributed by atoms with E-state index in [2.05, 4.69) is 9.97 Å². The van der Waals surface area contributed by atoms with Gasteiger partial charge in [-0.25, -0.2) is 9.97 Å². The van der Waals surface area contributed by atoms with E-state index in [4.69, 9.17) is 0 Å². The van der Waals surface area contributed by atoms with E-state index in [1.807, 2.05) is 55.5 Å². The number of aromatic nitrogens is 2. The molecule has 1 aromatic heterocycles. The molecule has 0 N–H and O–H groups in total. The lowest BCUT2D eigenvalue weighted by Gasteiger charge is -2.01. The van der Waals surface area contributed by atoms with Gasteiger partial charge in [0.1, 0.15) is 0 Å². The molecule has 1 heterocycles. The van der Waals surface area contributed by atoms with Crippen LogP contribution in [0.5, 0.6) is 0 Å². The molecule has 1 aromatic rings. The monoisotopic (exact) mass is 196 g/mol. The Morgan fingerprint density at radius 3 is 2.67 bits per heavy atom. The van der Waals surface area contributed by atoms with E-state index in [9.17, 15) is 0 Å². The number of hydrogen-bond donors (Lipinski definition) is 0. The van der Waals surface area contributed by atoms with Crippen LogP contribution in [0, 0.1) is 6.92 Å². The van der Waals surface area contributed by atoms with Crippen molar-refractivity contribution in [3.63, 3.8) is 0 Å². The van der Waals surface area contributed by atoms with Crippen LogP contribution in [0.1, 0.15) is 11.5 Å². The van der Waals surface area contributed by atoms with Crippen LogP contribution in [-0.4, -0.2) is 9.97 Å². The van der Waals surface area contributed by atoms with Crippen LogP contribution in [-0.2, 0) is 0 Å². The molecule has 0 amide bonds. The molecular weight excluding hydrogens is 184 g/mol. The van der Waals surface area contributed by atoms with Gasteiger partial charge in [-0.3, -0.25) is 0 Å². The maximum absolute atomic E-state index is 4.38. The van der Waals surface area contributed by atoms with E-state index < -0.39 is 0 Å². The van der Waals surface area contributed by atoms with Crippen molar-refractivity contribution in [2.24, 2.45) is 0 Å². The zero-order valence-corrected chi connectivity index (χ0v) is 8.59. The van der Waals surface area contributed by atoms with Gasteiger partial charge in [0.2, 0.25) is 0 Å². The summed E-state index contributed by atoms with van der Waals surface area (Å²) in [4.78, 5) is 8.63. The summed E-state index contributed by atoms with van der Waals surface area (Å²) in [6, 6.07) is 1.90. The molecule has 0 atom stereocenters. The third-order valence-corrected chi connectivity index (χ3v) is 2.05. The standard InChI is InChI=1S/C13H12N2/c1-11-9-10-14-13(15-11)12-7-5-3-2-4-6-8-12/h2-10H,1H3/b3-2-,4-2?,5-3?,6-4-,7-5-,8-6?,12-7?,12-8+. The molecule has 0 unspecified atom stereocenters. The average molecular weight is 196 g/mol. The van der Waals surface area contributed by atoms with E-state index in [0.29, 0.717) is 0 Å². The molecule has 0 aromatic carbocycles. The van der Waals surface area contributed by atoms with Crippen LogP contribution in [0.4, 0.5) is 0 Å². The Hall–Kier alpha value is -1.96. The van der Waals surface area contributed by atoms with E-state index in [1.165, 1.54) is 0 Å². The predicted octanol–water partition coefficient (Wildman–Crippen LogP) is 2.85. The number of nitrogens with zero attached hydrogens (tertiary/aromatic N) is 2. The third-order valence-electron chi connectivity index (χ3n) is 2.05. The quantitative estimate of drug-likeness (QED) is 0.690. The Bertz CT molecular complexity index is 465. The van der Waals surface area contributed by atoms with E-state index >= 15 is 0 Å². The lowest BCUT2D eigenvalue weighted by molar-refractivity contribution is 1.07. The number of allylic oxidation sites excluding steroid dienone is 8. The Morgan fingerprint density at radius 1 is 1.00 bits per heavy atom. The first kappa shape index (κ1) is 9.59. The molecule has 0 saturated heterocycles. The minimum Gasteiger partial charge on any atom is -0.237 e. The second-order valence-electron chi connectivity index (χ2n) is 3.27. The third kappa shape index (κ3) is 2.50. The molecule has 2 heteroatoms. The summed E-state index contributed by atoms with van der Waals surface area (Å²) in [5.74, 6) is 0.770. The van der Waals surface area contributed by atoms with Gasteiger partial charge in [0.15, 0.2) is 5.82 Å². The van der Waals surface area contributed by atoms with Gasteiger partial charge in [0, 0.05) is 17.5 Å².